The highest BCUT2D eigenvalue weighted by molar-refractivity contribution is 6.30. The van der Waals surface area contributed by atoms with Crippen molar-refractivity contribution in [3.63, 3.8) is 0 Å². The van der Waals surface area contributed by atoms with E-state index in [0.29, 0.717) is 5.02 Å². The first-order chi connectivity index (χ1) is 19.2. The number of ether oxygens (including phenoxy) is 1. The number of nitrogens with zero attached hydrogens (tertiary/aromatic N) is 3. The van der Waals surface area contributed by atoms with Gasteiger partial charge in [-0.25, -0.2) is 5.01 Å². The fourth-order valence-corrected chi connectivity index (χ4v) is 5.93. The van der Waals surface area contributed by atoms with E-state index in [1.54, 1.807) is 0 Å². The highest BCUT2D eigenvalue weighted by atomic mass is 35.5. The van der Waals surface area contributed by atoms with Crippen LogP contribution < -0.4 is 4.74 Å². The van der Waals surface area contributed by atoms with Crippen LogP contribution in [0.4, 0.5) is 0 Å². The van der Waals surface area contributed by atoms with E-state index in [1.165, 1.54) is 0 Å². The lowest BCUT2D eigenvalue weighted by atomic mass is 9.95. The van der Waals surface area contributed by atoms with E-state index in [1.807, 2.05) is 54.6 Å². The smallest absolute Gasteiger partial charge is 0.213 e. The molecule has 5 nitrogen and oxygen atoms in total. The van der Waals surface area contributed by atoms with Gasteiger partial charge >= 0.3 is 0 Å². The molecule has 0 aliphatic carbocycles. The fourth-order valence-electron chi connectivity index (χ4n) is 5.80. The van der Waals surface area contributed by atoms with Crippen molar-refractivity contribution in [2.24, 2.45) is 5.10 Å². The highest BCUT2D eigenvalue weighted by Crippen LogP contribution is 2.48. The third-order valence-corrected chi connectivity index (χ3v) is 7.95. The van der Waals surface area contributed by atoms with Gasteiger partial charge in [-0.1, -0.05) is 95.6 Å². The maximum Gasteiger partial charge on any atom is 0.213 e. The molecule has 0 radical (unpaired) electrons. The van der Waals surface area contributed by atoms with Crippen molar-refractivity contribution < 1.29 is 9.26 Å². The molecule has 8 rings (SSSR count). The van der Waals surface area contributed by atoms with Crippen molar-refractivity contribution in [2.45, 2.75) is 18.7 Å². The summed E-state index contributed by atoms with van der Waals surface area (Å²) in [6.45, 7) is 0. The molecule has 6 aromatic rings. The second kappa shape index (κ2) is 8.72. The minimum Gasteiger partial charge on any atom is -0.464 e. The van der Waals surface area contributed by atoms with Gasteiger partial charge in [-0.3, -0.25) is 0 Å². The van der Waals surface area contributed by atoms with Gasteiger partial charge in [-0.05, 0) is 46.7 Å². The molecule has 0 N–H and O–H groups in total. The number of hydrogen-bond acceptors (Lipinski definition) is 5. The molecule has 0 saturated carbocycles. The Labute approximate surface area is 229 Å². The zero-order chi connectivity index (χ0) is 25.9. The van der Waals surface area contributed by atoms with Gasteiger partial charge in [0.2, 0.25) is 6.23 Å². The summed E-state index contributed by atoms with van der Waals surface area (Å²) in [6, 6.07) is 37.0. The molecule has 188 valence electrons. The Morgan fingerprint density at radius 2 is 1.62 bits per heavy atom. The Bertz CT molecular complexity index is 1910. The standard InChI is InChI=1S/C33H22ClN3O2/c34-23-15-12-21(13-16-23)29-19-30-26-9-3-4-11-31(26)38-33(37(30)35-29)22-14-17-28-27(18-22)32(39-36-28)25-10-5-7-20-6-1-2-8-24(20)25/h1-18,30,33H,19H2. The number of halogens is 1. The number of aromatic nitrogens is 1. The van der Waals surface area contributed by atoms with E-state index in [-0.39, 0.29) is 6.04 Å². The van der Waals surface area contributed by atoms with Gasteiger partial charge in [-0.2, -0.15) is 5.10 Å². The number of benzene rings is 5. The van der Waals surface area contributed by atoms with E-state index in [4.69, 9.17) is 26.0 Å². The van der Waals surface area contributed by atoms with Crippen LogP contribution in [-0.4, -0.2) is 15.9 Å². The van der Waals surface area contributed by atoms with Gasteiger partial charge in [0.15, 0.2) is 5.76 Å². The molecular formula is C33H22ClN3O2. The second-order valence-corrected chi connectivity index (χ2v) is 10.4. The molecule has 0 saturated heterocycles. The number of rotatable bonds is 3. The zero-order valence-electron chi connectivity index (χ0n) is 20.8. The first-order valence-electron chi connectivity index (χ1n) is 13.0. The molecule has 2 atom stereocenters. The molecular weight excluding hydrogens is 506 g/mol. The largest absolute Gasteiger partial charge is 0.464 e. The predicted octanol–water partition coefficient (Wildman–Crippen LogP) is 8.54. The molecule has 2 unspecified atom stereocenters. The summed E-state index contributed by atoms with van der Waals surface area (Å²) in [6.07, 6.45) is 0.393. The van der Waals surface area contributed by atoms with Crippen LogP contribution in [0.25, 0.3) is 33.0 Å². The Morgan fingerprint density at radius 1 is 0.795 bits per heavy atom. The van der Waals surface area contributed by atoms with E-state index in [9.17, 15) is 0 Å². The normalized spacial score (nSPS) is 18.1. The Balaban J connectivity index is 1.26. The van der Waals surface area contributed by atoms with Crippen LogP contribution in [0.1, 0.15) is 35.4 Å². The van der Waals surface area contributed by atoms with E-state index >= 15 is 0 Å². The molecule has 0 amide bonds. The summed E-state index contributed by atoms with van der Waals surface area (Å²) in [5.74, 6) is 1.64. The van der Waals surface area contributed by atoms with Gasteiger partial charge in [0.05, 0.1) is 17.1 Å². The van der Waals surface area contributed by atoms with Crippen LogP contribution in [-0.2, 0) is 0 Å². The van der Waals surface area contributed by atoms with Crippen LogP contribution in [0, 0.1) is 0 Å². The van der Waals surface area contributed by atoms with Gasteiger partial charge < -0.3 is 9.26 Å². The van der Waals surface area contributed by atoms with Crippen molar-refractivity contribution in [3.8, 4) is 17.1 Å². The summed E-state index contributed by atoms with van der Waals surface area (Å²) in [5.41, 5.74) is 6.05. The minimum absolute atomic E-state index is 0.0707. The molecule has 2 aliphatic rings. The molecule has 39 heavy (non-hydrogen) atoms. The minimum atomic E-state index is -0.394. The lowest BCUT2D eigenvalue weighted by Crippen LogP contribution is -2.33. The zero-order valence-corrected chi connectivity index (χ0v) is 21.5. The summed E-state index contributed by atoms with van der Waals surface area (Å²) in [4.78, 5) is 0. The third kappa shape index (κ3) is 3.62. The monoisotopic (exact) mass is 527 g/mol. The lowest BCUT2D eigenvalue weighted by Gasteiger charge is -2.38. The van der Waals surface area contributed by atoms with Crippen LogP contribution >= 0.6 is 11.6 Å². The molecule has 1 aromatic heterocycles. The van der Waals surface area contributed by atoms with Gasteiger partial charge in [0, 0.05) is 28.1 Å². The van der Waals surface area contributed by atoms with E-state index < -0.39 is 6.23 Å². The maximum atomic E-state index is 6.62. The maximum absolute atomic E-state index is 6.62. The Hall–Kier alpha value is -4.61. The average Bonchev–Trinajstić information content (AvgIpc) is 3.62. The second-order valence-electron chi connectivity index (χ2n) is 9.98. The quantitative estimate of drug-likeness (QED) is 0.231. The topological polar surface area (TPSA) is 50.9 Å². The van der Waals surface area contributed by atoms with Crippen LogP contribution in [0.3, 0.4) is 0 Å². The Morgan fingerprint density at radius 3 is 2.54 bits per heavy atom. The lowest BCUT2D eigenvalue weighted by molar-refractivity contribution is -0.0189. The van der Waals surface area contributed by atoms with Gasteiger partial charge in [0.25, 0.3) is 0 Å². The van der Waals surface area contributed by atoms with Crippen LogP contribution in [0.2, 0.25) is 5.02 Å². The molecule has 5 aromatic carbocycles. The number of hydrazone groups is 1. The summed E-state index contributed by atoms with van der Waals surface area (Å²) in [7, 11) is 0. The van der Waals surface area contributed by atoms with Crippen LogP contribution in [0.5, 0.6) is 5.75 Å². The number of hydrogen-bond donors (Lipinski definition) is 0. The molecule has 0 spiro atoms. The van der Waals surface area contributed by atoms with Crippen molar-refractivity contribution in [1.82, 2.24) is 10.2 Å². The molecule has 0 bridgehead atoms. The van der Waals surface area contributed by atoms with E-state index in [0.717, 1.165) is 67.6 Å². The summed E-state index contributed by atoms with van der Waals surface area (Å²) in [5, 5.41) is 15.5. The average molecular weight is 528 g/mol. The van der Waals surface area contributed by atoms with Crippen molar-refractivity contribution in [1.29, 1.82) is 0 Å². The summed E-state index contributed by atoms with van der Waals surface area (Å²) >= 11 is 6.15. The van der Waals surface area contributed by atoms with Crippen LogP contribution in [0.15, 0.2) is 119 Å². The highest BCUT2D eigenvalue weighted by Gasteiger charge is 2.41. The molecule has 0 fully saturated rings. The predicted molar refractivity (Wildman–Crippen MR) is 154 cm³/mol. The van der Waals surface area contributed by atoms with Crippen molar-refractivity contribution >= 4 is 39.0 Å². The Kier molecular flexibility index (Phi) is 5.00. The molecule has 2 aliphatic heterocycles. The fraction of sp³-hybridized carbons (Fsp3) is 0.0909. The van der Waals surface area contributed by atoms with Crippen molar-refractivity contribution in [2.75, 3.05) is 0 Å². The molecule has 3 heterocycles. The number of para-hydroxylation sites is 1. The van der Waals surface area contributed by atoms with Crippen molar-refractivity contribution in [3.05, 3.63) is 131 Å². The first kappa shape index (κ1) is 22.4. The first-order valence-corrected chi connectivity index (χ1v) is 13.4. The molecule has 6 heteroatoms. The van der Waals surface area contributed by atoms with Gasteiger partial charge in [0.1, 0.15) is 11.3 Å². The van der Waals surface area contributed by atoms with E-state index in [2.05, 4.69) is 64.8 Å². The number of fused-ring (bicyclic) bond motifs is 5. The van der Waals surface area contributed by atoms with Gasteiger partial charge in [-0.15, -0.1) is 0 Å². The third-order valence-electron chi connectivity index (χ3n) is 7.70. The summed E-state index contributed by atoms with van der Waals surface area (Å²) < 4.78 is 12.6. The SMILES string of the molecule is Clc1ccc(C2=NN3C(C2)c2ccccc2OC3c2ccc3noc(-c4cccc5ccccc45)c3c2)cc1.